The first-order valence-corrected chi connectivity index (χ1v) is 6.03. The van der Waals surface area contributed by atoms with Crippen LogP contribution >= 0.6 is 0 Å². The molecule has 0 bridgehead atoms. The summed E-state index contributed by atoms with van der Waals surface area (Å²) in [6, 6.07) is 5.52. The Balaban J connectivity index is 2.16. The van der Waals surface area contributed by atoms with Gasteiger partial charge in [-0.15, -0.1) is 0 Å². The standard InChI is InChI=1S/C13H17N3O2/c1-2-11(13(14)15)18-9-4-5-10-8(7-9)3-6-12(17)16-10/h4-5,7,11H,2-3,6H2,1H3,(H3,14,15)(H,16,17). The largest absolute Gasteiger partial charge is 0.483 e. The molecule has 1 heterocycles. The van der Waals surface area contributed by atoms with Crippen LogP contribution in [0.5, 0.6) is 5.75 Å². The second-order valence-electron chi connectivity index (χ2n) is 4.34. The Morgan fingerprint density at radius 3 is 3.00 bits per heavy atom. The molecule has 0 aromatic heterocycles. The van der Waals surface area contributed by atoms with E-state index >= 15 is 0 Å². The summed E-state index contributed by atoms with van der Waals surface area (Å²) < 4.78 is 5.66. The van der Waals surface area contributed by atoms with Gasteiger partial charge in [0.15, 0.2) is 6.10 Å². The second-order valence-corrected chi connectivity index (χ2v) is 4.34. The molecule has 0 saturated carbocycles. The van der Waals surface area contributed by atoms with Crippen LogP contribution in [0.1, 0.15) is 25.3 Å². The average molecular weight is 247 g/mol. The number of anilines is 1. The zero-order valence-corrected chi connectivity index (χ0v) is 10.3. The van der Waals surface area contributed by atoms with Gasteiger partial charge in [-0.05, 0) is 36.6 Å². The molecule has 1 aromatic rings. The summed E-state index contributed by atoms with van der Waals surface area (Å²) in [5.41, 5.74) is 7.36. The molecule has 96 valence electrons. The molecule has 2 rings (SSSR count). The van der Waals surface area contributed by atoms with Crippen molar-refractivity contribution in [2.45, 2.75) is 32.3 Å². The van der Waals surface area contributed by atoms with Gasteiger partial charge in [0.2, 0.25) is 5.91 Å². The van der Waals surface area contributed by atoms with Gasteiger partial charge in [0.25, 0.3) is 0 Å². The summed E-state index contributed by atoms with van der Waals surface area (Å²) in [6.07, 6.45) is 1.49. The summed E-state index contributed by atoms with van der Waals surface area (Å²) in [6.45, 7) is 1.92. The van der Waals surface area contributed by atoms with Gasteiger partial charge < -0.3 is 15.8 Å². The highest BCUT2D eigenvalue weighted by atomic mass is 16.5. The molecule has 0 saturated heterocycles. The normalized spacial score (nSPS) is 15.5. The number of amides is 1. The van der Waals surface area contributed by atoms with Crippen molar-refractivity contribution in [3.8, 4) is 5.75 Å². The molecule has 1 atom stereocenters. The minimum atomic E-state index is -0.388. The molecule has 0 spiro atoms. The fourth-order valence-electron chi connectivity index (χ4n) is 1.96. The maximum atomic E-state index is 11.2. The van der Waals surface area contributed by atoms with Crippen molar-refractivity contribution in [2.24, 2.45) is 5.73 Å². The number of ether oxygens (including phenoxy) is 1. The molecule has 1 aliphatic rings. The first kappa shape index (κ1) is 12.4. The molecular weight excluding hydrogens is 230 g/mol. The number of carbonyl (C=O) groups is 1. The van der Waals surface area contributed by atoms with Crippen LogP contribution in [0.25, 0.3) is 0 Å². The van der Waals surface area contributed by atoms with Crippen LogP contribution in [0, 0.1) is 5.41 Å². The molecule has 1 aromatic carbocycles. The molecule has 5 heteroatoms. The first-order chi connectivity index (χ1) is 8.60. The van der Waals surface area contributed by atoms with Gasteiger partial charge in [-0.1, -0.05) is 6.92 Å². The van der Waals surface area contributed by atoms with Crippen molar-refractivity contribution in [3.05, 3.63) is 23.8 Å². The van der Waals surface area contributed by atoms with Gasteiger partial charge in [-0.2, -0.15) is 0 Å². The van der Waals surface area contributed by atoms with E-state index in [1.165, 1.54) is 0 Å². The summed E-state index contributed by atoms with van der Waals surface area (Å²) in [7, 11) is 0. The van der Waals surface area contributed by atoms with E-state index in [1.54, 1.807) is 6.07 Å². The highest BCUT2D eigenvalue weighted by molar-refractivity contribution is 5.94. The van der Waals surface area contributed by atoms with Gasteiger partial charge in [0.05, 0.1) is 0 Å². The fourth-order valence-corrected chi connectivity index (χ4v) is 1.96. The van der Waals surface area contributed by atoms with E-state index in [1.807, 2.05) is 19.1 Å². The van der Waals surface area contributed by atoms with Gasteiger partial charge in [-0.25, -0.2) is 0 Å². The molecule has 0 aliphatic carbocycles. The van der Waals surface area contributed by atoms with Crippen LogP contribution in [0.3, 0.4) is 0 Å². The lowest BCUT2D eigenvalue weighted by Gasteiger charge is -2.20. The number of aryl methyl sites for hydroxylation is 1. The summed E-state index contributed by atoms with van der Waals surface area (Å²) in [4.78, 5) is 11.2. The smallest absolute Gasteiger partial charge is 0.224 e. The molecule has 1 aliphatic heterocycles. The lowest BCUT2D eigenvalue weighted by Crippen LogP contribution is -2.32. The summed E-state index contributed by atoms with van der Waals surface area (Å²) in [5.74, 6) is 0.766. The molecule has 5 nitrogen and oxygen atoms in total. The molecule has 1 amide bonds. The lowest BCUT2D eigenvalue weighted by atomic mass is 10.0. The van der Waals surface area contributed by atoms with Crippen LogP contribution in [0.15, 0.2) is 18.2 Å². The number of hydrogen-bond acceptors (Lipinski definition) is 3. The Bertz CT molecular complexity index is 485. The number of fused-ring (bicyclic) bond motifs is 1. The van der Waals surface area contributed by atoms with Crippen molar-refractivity contribution in [3.63, 3.8) is 0 Å². The third kappa shape index (κ3) is 2.61. The molecule has 18 heavy (non-hydrogen) atoms. The highest BCUT2D eigenvalue weighted by Crippen LogP contribution is 2.27. The van der Waals surface area contributed by atoms with Gasteiger partial charge >= 0.3 is 0 Å². The summed E-state index contributed by atoms with van der Waals surface area (Å²) >= 11 is 0. The van der Waals surface area contributed by atoms with Crippen molar-refractivity contribution in [2.75, 3.05) is 5.32 Å². The Morgan fingerprint density at radius 2 is 2.33 bits per heavy atom. The molecule has 4 N–H and O–H groups in total. The maximum absolute atomic E-state index is 11.2. The van der Waals surface area contributed by atoms with Crippen LogP contribution in [-0.2, 0) is 11.2 Å². The van der Waals surface area contributed by atoms with Crippen molar-refractivity contribution < 1.29 is 9.53 Å². The number of nitrogens with one attached hydrogen (secondary N) is 2. The number of rotatable bonds is 4. The average Bonchev–Trinajstić information content (AvgIpc) is 2.35. The van der Waals surface area contributed by atoms with Crippen molar-refractivity contribution in [1.29, 1.82) is 5.41 Å². The van der Waals surface area contributed by atoms with Gasteiger partial charge in [0, 0.05) is 12.1 Å². The monoisotopic (exact) mass is 247 g/mol. The van der Waals surface area contributed by atoms with E-state index in [-0.39, 0.29) is 17.8 Å². The number of amidine groups is 1. The van der Waals surface area contributed by atoms with E-state index in [0.29, 0.717) is 18.6 Å². The van der Waals surface area contributed by atoms with Crippen LogP contribution < -0.4 is 15.8 Å². The van der Waals surface area contributed by atoms with Gasteiger partial charge in [0.1, 0.15) is 11.6 Å². The number of hydrogen-bond donors (Lipinski definition) is 3. The maximum Gasteiger partial charge on any atom is 0.224 e. The Hall–Kier alpha value is -2.04. The zero-order chi connectivity index (χ0) is 13.1. The van der Waals surface area contributed by atoms with E-state index < -0.39 is 0 Å². The molecule has 0 radical (unpaired) electrons. The van der Waals surface area contributed by atoms with E-state index in [4.69, 9.17) is 15.9 Å². The van der Waals surface area contributed by atoms with Crippen molar-refractivity contribution in [1.82, 2.24) is 0 Å². The zero-order valence-electron chi connectivity index (χ0n) is 10.3. The molecular formula is C13H17N3O2. The Labute approximate surface area is 106 Å². The first-order valence-electron chi connectivity index (χ1n) is 6.03. The third-order valence-electron chi connectivity index (χ3n) is 2.97. The summed E-state index contributed by atoms with van der Waals surface area (Å²) in [5, 5.41) is 10.2. The lowest BCUT2D eigenvalue weighted by molar-refractivity contribution is -0.116. The fraction of sp³-hybridized carbons (Fsp3) is 0.385. The minimum Gasteiger partial charge on any atom is -0.483 e. The van der Waals surface area contributed by atoms with E-state index in [9.17, 15) is 4.79 Å². The predicted octanol–water partition coefficient (Wildman–Crippen LogP) is 1.66. The van der Waals surface area contributed by atoms with Crippen LogP contribution in [0.4, 0.5) is 5.69 Å². The topological polar surface area (TPSA) is 88.2 Å². The number of nitrogens with two attached hydrogens (primary N) is 1. The molecule has 0 fully saturated rings. The highest BCUT2D eigenvalue weighted by Gasteiger charge is 2.17. The number of carbonyl (C=O) groups excluding carboxylic acids is 1. The quantitative estimate of drug-likeness (QED) is 0.558. The van der Waals surface area contributed by atoms with E-state index in [2.05, 4.69) is 5.32 Å². The minimum absolute atomic E-state index is 0.0310. The SMILES string of the molecule is CCC(Oc1ccc2c(c1)CCC(=O)N2)C(=N)N. The van der Waals surface area contributed by atoms with Gasteiger partial charge in [-0.3, -0.25) is 10.2 Å². The van der Waals surface area contributed by atoms with Crippen LogP contribution in [-0.4, -0.2) is 17.8 Å². The third-order valence-corrected chi connectivity index (χ3v) is 2.97. The van der Waals surface area contributed by atoms with Crippen molar-refractivity contribution >= 4 is 17.4 Å². The van der Waals surface area contributed by atoms with E-state index in [0.717, 1.165) is 17.7 Å². The number of benzene rings is 1. The van der Waals surface area contributed by atoms with Crippen LogP contribution in [0.2, 0.25) is 0 Å². The second kappa shape index (κ2) is 5.08. The Kier molecular flexibility index (Phi) is 3.50. The molecule has 1 unspecified atom stereocenters. The Morgan fingerprint density at radius 1 is 1.56 bits per heavy atom. The predicted molar refractivity (Wildman–Crippen MR) is 70.0 cm³/mol.